The van der Waals surface area contributed by atoms with Crippen molar-refractivity contribution in [1.29, 1.82) is 0 Å². The number of nitrogens with two attached hydrogens (primary N) is 1. The van der Waals surface area contributed by atoms with E-state index in [2.05, 4.69) is 17.9 Å². The number of carbonyl (C=O) groups excluding carboxylic acids is 1. The zero-order chi connectivity index (χ0) is 15.1. The fraction of sp³-hybridized carbons (Fsp3) is 0.611. The Hall–Kier alpha value is -1.51. The Morgan fingerprint density at radius 1 is 1.24 bits per heavy atom. The van der Waals surface area contributed by atoms with Crippen LogP contribution in [-0.2, 0) is 11.3 Å². The number of hydrogen-bond acceptors (Lipinski definition) is 2. The highest BCUT2D eigenvalue weighted by Gasteiger charge is 2.32. The second-order valence-electron chi connectivity index (χ2n) is 6.16. The van der Waals surface area contributed by atoms with E-state index in [0.717, 1.165) is 30.5 Å². The molecule has 3 heteroatoms. The second-order valence-corrected chi connectivity index (χ2v) is 6.16. The number of nitrogen functional groups attached to an aromatic ring is 1. The molecule has 0 aromatic heterocycles. The minimum Gasteiger partial charge on any atom is -0.399 e. The van der Waals surface area contributed by atoms with Gasteiger partial charge in [-0.25, -0.2) is 0 Å². The lowest BCUT2D eigenvalue weighted by molar-refractivity contribution is -0.132. The van der Waals surface area contributed by atoms with Crippen molar-refractivity contribution in [2.45, 2.75) is 70.9 Å². The van der Waals surface area contributed by atoms with Gasteiger partial charge in [0.2, 0.25) is 5.91 Å². The molecule has 0 aliphatic heterocycles. The summed E-state index contributed by atoms with van der Waals surface area (Å²) in [6.07, 6.45) is 9.00. The number of unbranched alkanes of at least 4 members (excludes halogenated alkanes) is 4. The summed E-state index contributed by atoms with van der Waals surface area (Å²) < 4.78 is 0. The van der Waals surface area contributed by atoms with E-state index in [1.807, 2.05) is 18.2 Å². The van der Waals surface area contributed by atoms with Gasteiger partial charge in [0.25, 0.3) is 0 Å². The Balaban J connectivity index is 1.82. The number of benzene rings is 1. The molecule has 2 N–H and O–H groups in total. The van der Waals surface area contributed by atoms with Crippen LogP contribution < -0.4 is 5.73 Å². The van der Waals surface area contributed by atoms with Gasteiger partial charge in [0, 0.05) is 24.7 Å². The summed E-state index contributed by atoms with van der Waals surface area (Å²) in [5.41, 5.74) is 7.74. The minimum atomic E-state index is 0.316. The molecule has 1 saturated carbocycles. The summed E-state index contributed by atoms with van der Waals surface area (Å²) in [6.45, 7) is 2.93. The normalized spacial score (nSPS) is 14.1. The van der Waals surface area contributed by atoms with Crippen molar-refractivity contribution in [2.75, 3.05) is 5.73 Å². The van der Waals surface area contributed by atoms with Crippen molar-refractivity contribution >= 4 is 11.6 Å². The molecule has 0 atom stereocenters. The van der Waals surface area contributed by atoms with Crippen molar-refractivity contribution in [1.82, 2.24) is 4.90 Å². The smallest absolute Gasteiger partial charge is 0.223 e. The molecule has 0 bridgehead atoms. The molecule has 1 aliphatic rings. The van der Waals surface area contributed by atoms with E-state index >= 15 is 0 Å². The fourth-order valence-electron chi connectivity index (χ4n) is 2.72. The maximum atomic E-state index is 12.4. The number of carbonyl (C=O) groups is 1. The van der Waals surface area contributed by atoms with Crippen molar-refractivity contribution in [2.24, 2.45) is 0 Å². The first-order valence-electron chi connectivity index (χ1n) is 8.34. The Morgan fingerprint density at radius 2 is 2.00 bits per heavy atom. The van der Waals surface area contributed by atoms with Crippen LogP contribution >= 0.6 is 0 Å². The largest absolute Gasteiger partial charge is 0.399 e. The summed E-state index contributed by atoms with van der Waals surface area (Å²) in [4.78, 5) is 14.5. The molecular formula is C18H28N2O. The zero-order valence-corrected chi connectivity index (χ0v) is 13.2. The van der Waals surface area contributed by atoms with Crippen LogP contribution in [0.3, 0.4) is 0 Å². The van der Waals surface area contributed by atoms with Crippen LogP contribution in [0.25, 0.3) is 0 Å². The molecule has 21 heavy (non-hydrogen) atoms. The minimum absolute atomic E-state index is 0.316. The molecule has 1 aromatic carbocycles. The van der Waals surface area contributed by atoms with Gasteiger partial charge in [-0.15, -0.1) is 0 Å². The zero-order valence-electron chi connectivity index (χ0n) is 13.2. The van der Waals surface area contributed by atoms with Gasteiger partial charge < -0.3 is 10.6 Å². The number of rotatable bonds is 9. The highest BCUT2D eigenvalue weighted by Crippen LogP contribution is 2.29. The molecule has 0 heterocycles. The third kappa shape index (κ3) is 5.41. The summed E-state index contributed by atoms with van der Waals surface area (Å²) in [7, 11) is 0. The predicted octanol–water partition coefficient (Wildman–Crippen LogP) is 4.12. The van der Waals surface area contributed by atoms with E-state index in [9.17, 15) is 4.79 Å². The predicted molar refractivity (Wildman–Crippen MR) is 87.8 cm³/mol. The molecule has 0 unspecified atom stereocenters. The van der Waals surface area contributed by atoms with Gasteiger partial charge in [-0.05, 0) is 37.0 Å². The van der Waals surface area contributed by atoms with Crippen LogP contribution in [0, 0.1) is 0 Å². The number of anilines is 1. The van der Waals surface area contributed by atoms with Gasteiger partial charge in [0.1, 0.15) is 0 Å². The third-order valence-corrected chi connectivity index (χ3v) is 4.11. The van der Waals surface area contributed by atoms with Crippen LogP contribution in [0.1, 0.15) is 63.9 Å². The van der Waals surface area contributed by atoms with Crippen LogP contribution in [0.15, 0.2) is 24.3 Å². The molecule has 1 amide bonds. The Bertz CT molecular complexity index is 454. The first-order valence-corrected chi connectivity index (χ1v) is 8.34. The number of amides is 1. The second kappa shape index (κ2) is 8.06. The number of hydrogen-bond donors (Lipinski definition) is 1. The van der Waals surface area contributed by atoms with Gasteiger partial charge in [-0.1, -0.05) is 44.7 Å². The molecule has 1 aromatic rings. The van der Waals surface area contributed by atoms with E-state index in [-0.39, 0.29) is 0 Å². The van der Waals surface area contributed by atoms with Crippen LogP contribution in [-0.4, -0.2) is 16.8 Å². The van der Waals surface area contributed by atoms with Crippen molar-refractivity contribution in [3.63, 3.8) is 0 Å². The van der Waals surface area contributed by atoms with Crippen molar-refractivity contribution in [3.05, 3.63) is 29.8 Å². The van der Waals surface area contributed by atoms with Gasteiger partial charge in [0.05, 0.1) is 0 Å². The van der Waals surface area contributed by atoms with Crippen LogP contribution in [0.5, 0.6) is 0 Å². The van der Waals surface area contributed by atoms with E-state index in [1.54, 1.807) is 0 Å². The summed E-state index contributed by atoms with van der Waals surface area (Å²) in [5, 5.41) is 0. The molecule has 0 radical (unpaired) electrons. The molecule has 0 spiro atoms. The highest BCUT2D eigenvalue weighted by atomic mass is 16.2. The molecule has 0 saturated heterocycles. The Morgan fingerprint density at radius 3 is 2.67 bits per heavy atom. The third-order valence-electron chi connectivity index (χ3n) is 4.11. The fourth-order valence-corrected chi connectivity index (χ4v) is 2.72. The monoisotopic (exact) mass is 288 g/mol. The number of nitrogens with zero attached hydrogens (tertiary/aromatic N) is 1. The molecule has 1 fully saturated rings. The lowest BCUT2D eigenvalue weighted by Crippen LogP contribution is -2.32. The Kier molecular flexibility index (Phi) is 6.09. The summed E-state index contributed by atoms with van der Waals surface area (Å²) in [5.74, 6) is 0.316. The lowest BCUT2D eigenvalue weighted by atomic mass is 10.1. The van der Waals surface area contributed by atoms with E-state index in [4.69, 9.17) is 5.73 Å². The Labute approximate surface area is 128 Å². The highest BCUT2D eigenvalue weighted by molar-refractivity contribution is 5.76. The molecule has 2 rings (SSSR count). The van der Waals surface area contributed by atoms with Crippen LogP contribution in [0.4, 0.5) is 5.69 Å². The van der Waals surface area contributed by atoms with E-state index in [0.29, 0.717) is 24.9 Å². The molecule has 1 aliphatic carbocycles. The maximum Gasteiger partial charge on any atom is 0.223 e. The van der Waals surface area contributed by atoms with Crippen molar-refractivity contribution < 1.29 is 4.79 Å². The van der Waals surface area contributed by atoms with Gasteiger partial charge in [-0.3, -0.25) is 4.79 Å². The standard InChI is InChI=1S/C18H28N2O/c1-2-3-4-5-6-10-18(21)20(17-11-12-17)14-15-8-7-9-16(19)13-15/h7-9,13,17H,2-6,10-12,14,19H2,1H3. The summed E-state index contributed by atoms with van der Waals surface area (Å²) in [6, 6.07) is 8.35. The van der Waals surface area contributed by atoms with E-state index in [1.165, 1.54) is 25.7 Å². The maximum absolute atomic E-state index is 12.4. The quantitative estimate of drug-likeness (QED) is 0.549. The first-order chi connectivity index (χ1) is 10.2. The SMILES string of the molecule is CCCCCCCC(=O)N(Cc1cccc(N)c1)C1CC1. The average Bonchev–Trinajstić information content (AvgIpc) is 3.29. The summed E-state index contributed by atoms with van der Waals surface area (Å²) >= 11 is 0. The van der Waals surface area contributed by atoms with Gasteiger partial charge in [0.15, 0.2) is 0 Å². The lowest BCUT2D eigenvalue weighted by Gasteiger charge is -2.23. The molecule has 3 nitrogen and oxygen atoms in total. The van der Waals surface area contributed by atoms with Crippen LogP contribution in [0.2, 0.25) is 0 Å². The van der Waals surface area contributed by atoms with Gasteiger partial charge in [-0.2, -0.15) is 0 Å². The molecule has 116 valence electrons. The first kappa shape index (κ1) is 15.9. The average molecular weight is 288 g/mol. The topological polar surface area (TPSA) is 46.3 Å². The molecular weight excluding hydrogens is 260 g/mol. The van der Waals surface area contributed by atoms with E-state index < -0.39 is 0 Å². The van der Waals surface area contributed by atoms with Crippen molar-refractivity contribution in [3.8, 4) is 0 Å². The van der Waals surface area contributed by atoms with Gasteiger partial charge >= 0.3 is 0 Å².